The number of hydrogen-bond donors (Lipinski definition) is 0. The molecule has 0 aromatic heterocycles. The Balaban J connectivity index is 3.14. The highest BCUT2D eigenvalue weighted by Gasteiger charge is 1.71. The Bertz CT molecular complexity index is 87.7. The molecular weight excluding hydrogens is 128 g/mol. The topological polar surface area (TPSA) is 9.23 Å². The Kier molecular flexibility index (Phi) is 4.34. The molecule has 0 aromatic carbocycles. The third-order valence-corrected chi connectivity index (χ3v) is 0.945. The second-order valence-electron chi connectivity index (χ2n) is 0.967. The van der Waals surface area contributed by atoms with Crippen molar-refractivity contribution in [3.8, 4) is 0 Å². The van der Waals surface area contributed by atoms with Gasteiger partial charge in [0.05, 0.1) is 16.0 Å². The van der Waals surface area contributed by atoms with Crippen molar-refractivity contribution in [2.45, 2.75) is 6.92 Å². The van der Waals surface area contributed by atoms with Gasteiger partial charge in [0.15, 0.2) is 0 Å². The van der Waals surface area contributed by atoms with E-state index >= 15 is 0 Å². The van der Waals surface area contributed by atoms with Gasteiger partial charge in [0.2, 0.25) is 0 Å². The summed E-state index contributed by atoms with van der Waals surface area (Å²) in [5.41, 5.74) is 0. The van der Waals surface area contributed by atoms with Crippen molar-refractivity contribution >= 4 is 20.9 Å². The Morgan fingerprint density at radius 3 is 2.43 bits per heavy atom. The van der Waals surface area contributed by atoms with Gasteiger partial charge in [-0.25, -0.2) is 0 Å². The zero-order valence-corrected chi connectivity index (χ0v) is 6.01. The van der Waals surface area contributed by atoms with E-state index in [9.17, 15) is 0 Å². The predicted molar refractivity (Wildman–Crippen MR) is 36.6 cm³/mol. The predicted octanol–water partition coefficient (Wildman–Crippen LogP) is 1.16. The summed E-state index contributed by atoms with van der Waals surface area (Å²) in [6.45, 7) is 1.89. The molecule has 1 unspecified atom stereocenters. The lowest BCUT2D eigenvalue weighted by Crippen LogP contribution is -1.80. The molecule has 0 aliphatic carbocycles. The Labute approximate surface area is 51.2 Å². The van der Waals surface area contributed by atoms with Crippen LogP contribution in [0.2, 0.25) is 0 Å². The van der Waals surface area contributed by atoms with E-state index in [0.717, 1.165) is 0 Å². The standard InChI is InChI=1S/C4H8OS2/c1-3-4-5-7(2)6/h3-4H,1-2H3/b4-3+. The van der Waals surface area contributed by atoms with Gasteiger partial charge >= 0.3 is 0 Å². The van der Waals surface area contributed by atoms with E-state index in [2.05, 4.69) is 0 Å². The van der Waals surface area contributed by atoms with Crippen LogP contribution in [0.5, 0.6) is 0 Å². The van der Waals surface area contributed by atoms with Gasteiger partial charge in [0, 0.05) is 6.26 Å². The van der Waals surface area contributed by atoms with E-state index in [4.69, 9.17) is 15.4 Å². The molecule has 0 saturated heterocycles. The van der Waals surface area contributed by atoms with Crippen molar-refractivity contribution < 1.29 is 4.18 Å². The molecule has 0 aromatic rings. The SMILES string of the molecule is C/C=C/OS(C)=S. The fourth-order valence-electron chi connectivity index (χ4n) is 0.134. The van der Waals surface area contributed by atoms with Crippen molar-refractivity contribution in [2.75, 3.05) is 6.26 Å². The van der Waals surface area contributed by atoms with Gasteiger partial charge < -0.3 is 4.18 Å². The Hall–Kier alpha value is 0.110. The lowest BCUT2D eigenvalue weighted by Gasteiger charge is -1.90. The molecule has 0 radical (unpaired) electrons. The number of allylic oxidation sites excluding steroid dienone is 1. The highest BCUT2D eigenvalue weighted by atomic mass is 32.8. The molecule has 42 valence electrons. The summed E-state index contributed by atoms with van der Waals surface area (Å²) < 4.78 is 4.85. The average Bonchev–Trinajstić information content (AvgIpc) is 1.61. The largest absolute Gasteiger partial charge is 0.432 e. The summed E-state index contributed by atoms with van der Waals surface area (Å²) in [6.07, 6.45) is 5.27. The monoisotopic (exact) mass is 136 g/mol. The fourth-order valence-corrected chi connectivity index (χ4v) is 0.537. The lowest BCUT2D eigenvalue weighted by atomic mass is 10.8. The lowest BCUT2D eigenvalue weighted by molar-refractivity contribution is 0.562. The zero-order valence-electron chi connectivity index (χ0n) is 4.38. The number of rotatable bonds is 2. The fraction of sp³-hybridized carbons (Fsp3) is 0.500. The van der Waals surface area contributed by atoms with Crippen LogP contribution in [-0.4, -0.2) is 6.26 Å². The molecule has 1 nitrogen and oxygen atoms in total. The van der Waals surface area contributed by atoms with Crippen molar-refractivity contribution in [3.63, 3.8) is 0 Å². The van der Waals surface area contributed by atoms with Crippen LogP contribution in [0.1, 0.15) is 6.92 Å². The van der Waals surface area contributed by atoms with E-state index < -0.39 is 0 Å². The quantitative estimate of drug-likeness (QED) is 0.527. The minimum absolute atomic E-state index is 0.319. The maximum Gasteiger partial charge on any atom is 0.0970 e. The van der Waals surface area contributed by atoms with Crippen LogP contribution < -0.4 is 0 Å². The molecule has 0 heterocycles. The first kappa shape index (κ1) is 7.11. The highest BCUT2D eigenvalue weighted by molar-refractivity contribution is 8.25. The molecule has 0 N–H and O–H groups in total. The molecule has 0 spiro atoms. The minimum Gasteiger partial charge on any atom is -0.432 e. The van der Waals surface area contributed by atoms with Crippen LogP contribution in [0, 0.1) is 0 Å². The summed E-state index contributed by atoms with van der Waals surface area (Å²) >= 11 is 4.70. The zero-order chi connectivity index (χ0) is 5.70. The molecule has 0 fully saturated rings. The second-order valence-corrected chi connectivity index (χ2v) is 3.37. The van der Waals surface area contributed by atoms with Crippen molar-refractivity contribution in [2.24, 2.45) is 0 Å². The molecule has 0 aliphatic heterocycles. The van der Waals surface area contributed by atoms with Gasteiger partial charge in [-0.1, -0.05) is 6.08 Å². The van der Waals surface area contributed by atoms with E-state index in [1.807, 2.05) is 19.3 Å². The first-order valence-electron chi connectivity index (χ1n) is 1.89. The van der Waals surface area contributed by atoms with Gasteiger partial charge in [-0.15, -0.1) is 0 Å². The molecule has 0 saturated carbocycles. The summed E-state index contributed by atoms with van der Waals surface area (Å²) in [5.74, 6) is 0. The first-order chi connectivity index (χ1) is 3.27. The Morgan fingerprint density at radius 1 is 1.71 bits per heavy atom. The molecule has 3 heteroatoms. The molecular formula is C4H8OS2. The maximum atomic E-state index is 4.85. The second kappa shape index (κ2) is 4.27. The molecule has 7 heavy (non-hydrogen) atoms. The smallest absolute Gasteiger partial charge is 0.0970 e. The normalized spacial score (nSPS) is 14.6. The van der Waals surface area contributed by atoms with Crippen LogP contribution in [-0.2, 0) is 25.1 Å². The summed E-state index contributed by atoms with van der Waals surface area (Å²) in [6, 6.07) is 0. The van der Waals surface area contributed by atoms with Crippen LogP contribution in [0.4, 0.5) is 0 Å². The maximum absolute atomic E-state index is 4.85. The van der Waals surface area contributed by atoms with Gasteiger partial charge in [-0.2, -0.15) is 0 Å². The van der Waals surface area contributed by atoms with Crippen LogP contribution in [0.25, 0.3) is 0 Å². The summed E-state index contributed by atoms with van der Waals surface area (Å²) in [4.78, 5) is 0. The van der Waals surface area contributed by atoms with E-state index in [0.29, 0.717) is 0 Å². The number of hydrogen-bond acceptors (Lipinski definition) is 2. The molecule has 0 bridgehead atoms. The van der Waals surface area contributed by atoms with Gasteiger partial charge in [-0.05, 0) is 18.1 Å². The summed E-state index contributed by atoms with van der Waals surface area (Å²) in [5, 5.41) is 0. The molecule has 0 aliphatic rings. The van der Waals surface area contributed by atoms with Gasteiger partial charge in [0.1, 0.15) is 0 Å². The molecule has 0 rings (SSSR count). The van der Waals surface area contributed by atoms with E-state index in [-0.39, 0.29) is 9.74 Å². The summed E-state index contributed by atoms with van der Waals surface area (Å²) in [7, 11) is -0.319. The van der Waals surface area contributed by atoms with Crippen molar-refractivity contribution in [1.82, 2.24) is 0 Å². The van der Waals surface area contributed by atoms with Crippen molar-refractivity contribution in [1.29, 1.82) is 0 Å². The third kappa shape index (κ3) is 6.11. The van der Waals surface area contributed by atoms with Gasteiger partial charge in [-0.3, -0.25) is 0 Å². The van der Waals surface area contributed by atoms with Crippen LogP contribution >= 0.6 is 0 Å². The highest BCUT2D eigenvalue weighted by Crippen LogP contribution is 1.79. The first-order valence-corrected chi connectivity index (χ1v) is 4.37. The minimum atomic E-state index is -0.319. The molecule has 0 amide bonds. The van der Waals surface area contributed by atoms with Crippen LogP contribution in [0.15, 0.2) is 12.3 Å². The third-order valence-electron chi connectivity index (χ3n) is 0.327. The van der Waals surface area contributed by atoms with E-state index in [1.165, 1.54) is 0 Å². The van der Waals surface area contributed by atoms with Crippen molar-refractivity contribution in [3.05, 3.63) is 12.3 Å². The molecule has 1 atom stereocenters. The van der Waals surface area contributed by atoms with E-state index in [1.54, 1.807) is 6.26 Å². The Morgan fingerprint density at radius 2 is 2.29 bits per heavy atom. The average molecular weight is 136 g/mol. The van der Waals surface area contributed by atoms with Gasteiger partial charge in [0.25, 0.3) is 0 Å². The van der Waals surface area contributed by atoms with Crippen LogP contribution in [0.3, 0.4) is 0 Å².